The molecule has 1 fully saturated rings. The number of rotatable bonds is 4. The Hall–Kier alpha value is -1.96. The van der Waals surface area contributed by atoms with Crippen molar-refractivity contribution >= 4 is 22.6 Å². The van der Waals surface area contributed by atoms with Crippen molar-refractivity contribution in [2.45, 2.75) is 38.6 Å². The Labute approximate surface area is 146 Å². The molecule has 0 N–H and O–H groups in total. The highest BCUT2D eigenvalue weighted by Gasteiger charge is 2.28. The van der Waals surface area contributed by atoms with E-state index >= 15 is 0 Å². The van der Waals surface area contributed by atoms with E-state index in [-0.39, 0.29) is 11.9 Å². The average Bonchev–Trinajstić information content (AvgIpc) is 3.23. The first-order valence-corrected chi connectivity index (χ1v) is 9.06. The Morgan fingerprint density at radius 3 is 2.62 bits per heavy atom. The molecule has 0 aromatic carbocycles. The molecule has 130 valence electrons. The minimum atomic E-state index is 0.0338. The second kappa shape index (κ2) is 6.88. The molecule has 8 heteroatoms. The molecule has 1 aliphatic heterocycles. The van der Waals surface area contributed by atoms with Crippen molar-refractivity contribution in [1.82, 2.24) is 23.8 Å². The summed E-state index contributed by atoms with van der Waals surface area (Å²) in [7, 11) is 3.73. The molecule has 24 heavy (non-hydrogen) atoms. The molecular formula is C16H24N6OS. The van der Waals surface area contributed by atoms with Crippen LogP contribution in [0.5, 0.6) is 0 Å². The predicted molar refractivity (Wildman–Crippen MR) is 94.5 cm³/mol. The number of amides is 1. The second-order valence-corrected chi connectivity index (χ2v) is 7.34. The molecule has 1 saturated heterocycles. The van der Waals surface area contributed by atoms with E-state index in [0.29, 0.717) is 11.6 Å². The number of anilines is 1. The van der Waals surface area contributed by atoms with E-state index < -0.39 is 0 Å². The number of aromatic nitrogens is 4. The van der Waals surface area contributed by atoms with Gasteiger partial charge in [0.05, 0.1) is 12.5 Å². The van der Waals surface area contributed by atoms with Gasteiger partial charge in [0.25, 0.3) is 5.91 Å². The molecule has 3 rings (SSSR count). The van der Waals surface area contributed by atoms with Gasteiger partial charge in [0, 0.05) is 50.7 Å². The minimum Gasteiger partial charge on any atom is -0.347 e. The Morgan fingerprint density at radius 1 is 1.38 bits per heavy atom. The SMILES string of the molecule is CC(C)c1nsc(N2CCC(N(C)C(=O)c3cncn3C)CC2)n1. The molecular weight excluding hydrogens is 324 g/mol. The summed E-state index contributed by atoms with van der Waals surface area (Å²) in [6.07, 6.45) is 5.17. The lowest BCUT2D eigenvalue weighted by Crippen LogP contribution is -2.46. The van der Waals surface area contributed by atoms with E-state index in [1.165, 1.54) is 11.5 Å². The molecule has 0 bridgehead atoms. The molecule has 7 nitrogen and oxygen atoms in total. The normalized spacial score (nSPS) is 16.0. The fourth-order valence-corrected chi connectivity index (χ4v) is 3.80. The summed E-state index contributed by atoms with van der Waals surface area (Å²) in [5.41, 5.74) is 0.630. The van der Waals surface area contributed by atoms with E-state index in [1.54, 1.807) is 17.1 Å². The lowest BCUT2D eigenvalue weighted by atomic mass is 10.0. The van der Waals surface area contributed by atoms with Crippen LogP contribution in [0.1, 0.15) is 48.9 Å². The maximum absolute atomic E-state index is 12.6. The monoisotopic (exact) mass is 348 g/mol. The number of carbonyl (C=O) groups is 1. The van der Waals surface area contributed by atoms with Crippen LogP contribution in [0.3, 0.4) is 0 Å². The van der Waals surface area contributed by atoms with Crippen LogP contribution in [0.2, 0.25) is 0 Å². The predicted octanol–water partition coefficient (Wildman–Crippen LogP) is 2.14. The Kier molecular flexibility index (Phi) is 4.84. The highest BCUT2D eigenvalue weighted by molar-refractivity contribution is 7.09. The summed E-state index contributed by atoms with van der Waals surface area (Å²) < 4.78 is 6.20. The number of imidazole rings is 1. The lowest BCUT2D eigenvalue weighted by Gasteiger charge is -2.36. The van der Waals surface area contributed by atoms with Gasteiger partial charge in [0.15, 0.2) is 0 Å². The molecule has 0 spiro atoms. The average molecular weight is 348 g/mol. The quantitative estimate of drug-likeness (QED) is 0.847. The highest BCUT2D eigenvalue weighted by Crippen LogP contribution is 2.26. The molecule has 2 aromatic heterocycles. The van der Waals surface area contributed by atoms with Crippen molar-refractivity contribution in [3.8, 4) is 0 Å². The van der Waals surface area contributed by atoms with E-state index in [2.05, 4.69) is 33.1 Å². The first kappa shape index (κ1) is 16.9. The largest absolute Gasteiger partial charge is 0.347 e. The maximum Gasteiger partial charge on any atom is 0.272 e. The molecule has 0 radical (unpaired) electrons. The zero-order chi connectivity index (χ0) is 17.3. The van der Waals surface area contributed by atoms with Gasteiger partial charge in [-0.15, -0.1) is 0 Å². The fraction of sp³-hybridized carbons (Fsp3) is 0.625. The van der Waals surface area contributed by atoms with Gasteiger partial charge in [0.1, 0.15) is 11.5 Å². The van der Waals surface area contributed by atoms with Gasteiger partial charge in [-0.2, -0.15) is 4.37 Å². The Bertz CT molecular complexity index is 701. The molecule has 0 unspecified atom stereocenters. The van der Waals surface area contributed by atoms with Crippen LogP contribution in [0.4, 0.5) is 5.13 Å². The standard InChI is InChI=1S/C16H24N6OS/c1-11(2)14-18-16(24-19-14)22-7-5-12(6-8-22)21(4)15(23)13-9-17-10-20(13)3/h9-12H,5-8H2,1-4H3. The van der Waals surface area contributed by atoms with Crippen molar-refractivity contribution in [2.24, 2.45) is 7.05 Å². The zero-order valence-corrected chi connectivity index (χ0v) is 15.5. The van der Waals surface area contributed by atoms with Crippen LogP contribution in [-0.4, -0.2) is 55.9 Å². The molecule has 1 amide bonds. The summed E-state index contributed by atoms with van der Waals surface area (Å²) in [4.78, 5) is 25.4. The third kappa shape index (κ3) is 3.28. The van der Waals surface area contributed by atoms with E-state index in [4.69, 9.17) is 0 Å². The number of piperidine rings is 1. The van der Waals surface area contributed by atoms with Crippen LogP contribution in [0.15, 0.2) is 12.5 Å². The third-order valence-electron chi connectivity index (χ3n) is 4.59. The zero-order valence-electron chi connectivity index (χ0n) is 14.6. The van der Waals surface area contributed by atoms with Crippen LogP contribution >= 0.6 is 11.5 Å². The molecule has 0 saturated carbocycles. The highest BCUT2D eigenvalue weighted by atomic mass is 32.1. The van der Waals surface area contributed by atoms with Gasteiger partial charge >= 0.3 is 0 Å². The number of nitrogens with zero attached hydrogens (tertiary/aromatic N) is 6. The lowest BCUT2D eigenvalue weighted by molar-refractivity contribution is 0.0699. The van der Waals surface area contributed by atoms with Crippen LogP contribution < -0.4 is 4.90 Å². The van der Waals surface area contributed by atoms with Gasteiger partial charge in [-0.3, -0.25) is 4.79 Å². The van der Waals surface area contributed by atoms with Gasteiger partial charge in [-0.25, -0.2) is 9.97 Å². The van der Waals surface area contributed by atoms with Crippen molar-refractivity contribution in [3.05, 3.63) is 24.0 Å². The number of aryl methyl sites for hydroxylation is 1. The van der Waals surface area contributed by atoms with Gasteiger partial charge in [-0.05, 0) is 12.8 Å². The first-order valence-electron chi connectivity index (χ1n) is 8.29. The summed E-state index contributed by atoms with van der Waals surface area (Å²) in [6.45, 7) is 6.02. The Balaban J connectivity index is 1.60. The van der Waals surface area contributed by atoms with Crippen molar-refractivity contribution in [3.63, 3.8) is 0 Å². The number of carbonyl (C=O) groups excluding carboxylic acids is 1. The van der Waals surface area contributed by atoms with Crippen molar-refractivity contribution in [1.29, 1.82) is 0 Å². The van der Waals surface area contributed by atoms with E-state index in [9.17, 15) is 4.79 Å². The smallest absolute Gasteiger partial charge is 0.272 e. The number of hydrogen-bond donors (Lipinski definition) is 0. The summed E-state index contributed by atoms with van der Waals surface area (Å²) >= 11 is 1.47. The number of hydrogen-bond acceptors (Lipinski definition) is 6. The van der Waals surface area contributed by atoms with Gasteiger partial charge < -0.3 is 14.4 Å². The maximum atomic E-state index is 12.6. The molecule has 3 heterocycles. The molecule has 2 aromatic rings. The van der Waals surface area contributed by atoms with Crippen LogP contribution in [0.25, 0.3) is 0 Å². The van der Waals surface area contributed by atoms with Gasteiger partial charge in [0.2, 0.25) is 5.13 Å². The van der Waals surface area contributed by atoms with Crippen LogP contribution in [-0.2, 0) is 7.05 Å². The topological polar surface area (TPSA) is 67.2 Å². The summed E-state index contributed by atoms with van der Waals surface area (Å²) in [6, 6.07) is 0.251. The van der Waals surface area contributed by atoms with Gasteiger partial charge in [-0.1, -0.05) is 13.8 Å². The molecule has 0 atom stereocenters. The second-order valence-electron chi connectivity index (χ2n) is 6.61. The molecule has 0 aliphatic carbocycles. The van der Waals surface area contributed by atoms with Crippen molar-refractivity contribution in [2.75, 3.05) is 25.0 Å². The molecule has 1 aliphatic rings. The third-order valence-corrected chi connectivity index (χ3v) is 5.38. The van der Waals surface area contributed by atoms with Crippen molar-refractivity contribution < 1.29 is 4.79 Å². The van der Waals surface area contributed by atoms with E-state index in [1.807, 2.05) is 19.0 Å². The fourth-order valence-electron chi connectivity index (χ4n) is 2.94. The summed E-state index contributed by atoms with van der Waals surface area (Å²) in [5, 5.41) is 0.998. The Morgan fingerprint density at radius 2 is 2.08 bits per heavy atom. The van der Waals surface area contributed by atoms with Crippen LogP contribution in [0, 0.1) is 0 Å². The van der Waals surface area contributed by atoms with E-state index in [0.717, 1.165) is 36.9 Å². The first-order chi connectivity index (χ1) is 11.5. The summed E-state index contributed by atoms with van der Waals surface area (Å²) in [5.74, 6) is 1.31. The minimum absolute atomic E-state index is 0.0338.